The Hall–Kier alpha value is -0.780. The Kier molecular flexibility index (Phi) is 5.44. The first-order chi connectivity index (χ1) is 8.40. The molecule has 0 aliphatic carbocycles. The van der Waals surface area contributed by atoms with Gasteiger partial charge < -0.3 is 5.73 Å². The Morgan fingerprint density at radius 3 is 2.50 bits per heavy atom. The molecule has 1 rings (SSSR count). The minimum atomic E-state index is -3.59. The lowest BCUT2D eigenvalue weighted by Gasteiger charge is -2.14. The number of anilines is 1. The average Bonchev–Trinajstić information content (AvgIpc) is 2.33. The number of rotatable bonds is 6. The van der Waals surface area contributed by atoms with Gasteiger partial charge in [-0.1, -0.05) is 38.3 Å². The van der Waals surface area contributed by atoms with Gasteiger partial charge >= 0.3 is 0 Å². The van der Waals surface area contributed by atoms with Gasteiger partial charge in [0.1, 0.15) is 4.90 Å². The van der Waals surface area contributed by atoms with Crippen LogP contribution in [0.1, 0.15) is 26.7 Å². The van der Waals surface area contributed by atoms with Gasteiger partial charge in [0.15, 0.2) is 0 Å². The molecule has 0 radical (unpaired) electrons. The molecule has 0 atom stereocenters. The molecule has 18 heavy (non-hydrogen) atoms. The van der Waals surface area contributed by atoms with Crippen LogP contribution in [-0.2, 0) is 10.0 Å². The smallest absolute Gasteiger partial charge is 0.242 e. The van der Waals surface area contributed by atoms with Crippen LogP contribution in [0, 0.1) is 5.92 Å². The van der Waals surface area contributed by atoms with E-state index in [0.29, 0.717) is 18.2 Å². The first-order valence-corrected chi connectivity index (χ1v) is 7.81. The van der Waals surface area contributed by atoms with Crippen LogP contribution in [-0.4, -0.2) is 15.0 Å². The topological polar surface area (TPSA) is 72.2 Å². The third-order valence-corrected chi connectivity index (χ3v) is 4.87. The van der Waals surface area contributed by atoms with Crippen LogP contribution in [0.5, 0.6) is 0 Å². The number of benzene rings is 1. The van der Waals surface area contributed by atoms with Gasteiger partial charge in [-0.25, -0.2) is 13.1 Å². The predicted octanol–water partition coefficient (Wildman–Crippen LogP) is 2.64. The van der Waals surface area contributed by atoms with Gasteiger partial charge in [0.05, 0.1) is 5.02 Å². The monoisotopic (exact) mass is 290 g/mol. The Balaban J connectivity index is 2.89. The van der Waals surface area contributed by atoms with Crippen LogP contribution in [0.3, 0.4) is 0 Å². The van der Waals surface area contributed by atoms with Crippen LogP contribution in [0.25, 0.3) is 0 Å². The number of nitrogens with one attached hydrogen (secondary N) is 1. The molecule has 0 saturated heterocycles. The van der Waals surface area contributed by atoms with E-state index in [1.807, 2.05) is 13.8 Å². The molecule has 3 N–H and O–H groups in total. The summed E-state index contributed by atoms with van der Waals surface area (Å²) in [6, 6.07) is 4.43. The molecule has 0 amide bonds. The fourth-order valence-electron chi connectivity index (χ4n) is 1.61. The van der Waals surface area contributed by atoms with Crippen LogP contribution < -0.4 is 10.5 Å². The molecule has 0 aliphatic heterocycles. The van der Waals surface area contributed by atoms with Crippen molar-refractivity contribution in [1.82, 2.24) is 4.72 Å². The standard InChI is InChI=1S/C12H19ClN2O2S/c1-3-9(4-2)8-15-18(16,17)12-7-10(14)5-6-11(12)13/h5-7,9,15H,3-4,8,14H2,1-2H3. The number of hydrogen-bond donors (Lipinski definition) is 2. The summed E-state index contributed by atoms with van der Waals surface area (Å²) in [6.45, 7) is 4.49. The van der Waals surface area contributed by atoms with E-state index in [1.54, 1.807) is 6.07 Å². The molecule has 0 aliphatic rings. The molecule has 4 nitrogen and oxygen atoms in total. The van der Waals surface area contributed by atoms with Crippen molar-refractivity contribution in [3.8, 4) is 0 Å². The van der Waals surface area contributed by atoms with Crippen molar-refractivity contribution >= 4 is 27.3 Å². The molecular formula is C12H19ClN2O2S. The average molecular weight is 291 g/mol. The number of halogens is 1. The van der Waals surface area contributed by atoms with E-state index in [9.17, 15) is 8.42 Å². The highest BCUT2D eigenvalue weighted by Crippen LogP contribution is 2.23. The summed E-state index contributed by atoms with van der Waals surface area (Å²) >= 11 is 5.89. The van der Waals surface area contributed by atoms with Crippen molar-refractivity contribution in [3.63, 3.8) is 0 Å². The van der Waals surface area contributed by atoms with Gasteiger partial charge in [-0.15, -0.1) is 0 Å². The Labute approximate surface area is 114 Å². The maximum absolute atomic E-state index is 12.1. The van der Waals surface area contributed by atoms with E-state index in [0.717, 1.165) is 12.8 Å². The van der Waals surface area contributed by atoms with Crippen LogP contribution in [0.4, 0.5) is 5.69 Å². The molecule has 102 valence electrons. The van der Waals surface area contributed by atoms with E-state index in [1.165, 1.54) is 12.1 Å². The highest BCUT2D eigenvalue weighted by Gasteiger charge is 2.19. The second-order valence-corrected chi connectivity index (χ2v) is 6.37. The third-order valence-electron chi connectivity index (χ3n) is 2.96. The Morgan fingerprint density at radius 1 is 1.33 bits per heavy atom. The van der Waals surface area contributed by atoms with Crippen molar-refractivity contribution < 1.29 is 8.42 Å². The minimum absolute atomic E-state index is 0.0372. The summed E-state index contributed by atoms with van der Waals surface area (Å²) in [6.07, 6.45) is 1.87. The normalized spacial score (nSPS) is 12.0. The second-order valence-electron chi connectivity index (χ2n) is 4.22. The molecule has 0 bridgehead atoms. The summed E-state index contributed by atoms with van der Waals surface area (Å²) in [4.78, 5) is 0.0372. The first-order valence-electron chi connectivity index (χ1n) is 5.95. The van der Waals surface area contributed by atoms with Crippen LogP contribution in [0.15, 0.2) is 23.1 Å². The molecule has 0 aromatic heterocycles. The summed E-state index contributed by atoms with van der Waals surface area (Å²) in [5, 5.41) is 0.182. The van der Waals surface area contributed by atoms with E-state index in [4.69, 9.17) is 17.3 Å². The molecule has 0 heterocycles. The van der Waals surface area contributed by atoms with E-state index in [-0.39, 0.29) is 9.92 Å². The maximum atomic E-state index is 12.1. The van der Waals surface area contributed by atoms with Gasteiger partial charge in [-0.2, -0.15) is 0 Å². The molecule has 1 aromatic rings. The SMILES string of the molecule is CCC(CC)CNS(=O)(=O)c1cc(N)ccc1Cl. The minimum Gasteiger partial charge on any atom is -0.399 e. The Morgan fingerprint density at radius 2 is 1.94 bits per heavy atom. The van der Waals surface area contributed by atoms with E-state index >= 15 is 0 Å². The van der Waals surface area contributed by atoms with Crippen molar-refractivity contribution in [1.29, 1.82) is 0 Å². The summed E-state index contributed by atoms with van der Waals surface area (Å²) in [5.41, 5.74) is 5.96. The number of hydrogen-bond acceptors (Lipinski definition) is 3. The van der Waals surface area contributed by atoms with E-state index in [2.05, 4.69) is 4.72 Å². The van der Waals surface area contributed by atoms with Gasteiger partial charge in [0.2, 0.25) is 10.0 Å². The number of nitrogen functional groups attached to an aromatic ring is 1. The van der Waals surface area contributed by atoms with Crippen molar-refractivity contribution in [2.75, 3.05) is 12.3 Å². The lowest BCUT2D eigenvalue weighted by molar-refractivity contribution is 0.479. The largest absolute Gasteiger partial charge is 0.399 e. The number of nitrogens with two attached hydrogens (primary N) is 1. The Bertz CT molecular complexity index is 499. The predicted molar refractivity (Wildman–Crippen MR) is 75.1 cm³/mol. The molecule has 0 saturated carbocycles. The van der Waals surface area contributed by atoms with Gasteiger partial charge in [0, 0.05) is 12.2 Å². The van der Waals surface area contributed by atoms with Crippen LogP contribution in [0.2, 0.25) is 5.02 Å². The molecular weight excluding hydrogens is 272 g/mol. The zero-order valence-electron chi connectivity index (χ0n) is 10.6. The third kappa shape index (κ3) is 3.86. The fourth-order valence-corrected chi connectivity index (χ4v) is 3.26. The lowest BCUT2D eigenvalue weighted by Crippen LogP contribution is -2.29. The second kappa shape index (κ2) is 6.41. The highest BCUT2D eigenvalue weighted by atomic mass is 35.5. The summed E-state index contributed by atoms with van der Waals surface area (Å²) in [7, 11) is -3.59. The zero-order valence-corrected chi connectivity index (χ0v) is 12.2. The summed E-state index contributed by atoms with van der Waals surface area (Å²) < 4.78 is 26.8. The van der Waals surface area contributed by atoms with Crippen molar-refractivity contribution in [2.45, 2.75) is 31.6 Å². The highest BCUT2D eigenvalue weighted by molar-refractivity contribution is 7.89. The maximum Gasteiger partial charge on any atom is 0.242 e. The molecule has 1 aromatic carbocycles. The molecule has 0 spiro atoms. The van der Waals surface area contributed by atoms with E-state index < -0.39 is 10.0 Å². The first kappa shape index (κ1) is 15.3. The fraction of sp³-hybridized carbons (Fsp3) is 0.500. The quantitative estimate of drug-likeness (QED) is 0.791. The van der Waals surface area contributed by atoms with Crippen molar-refractivity contribution in [3.05, 3.63) is 23.2 Å². The van der Waals surface area contributed by atoms with Gasteiger partial charge in [0.25, 0.3) is 0 Å². The lowest BCUT2D eigenvalue weighted by atomic mass is 10.0. The van der Waals surface area contributed by atoms with Crippen molar-refractivity contribution in [2.24, 2.45) is 5.92 Å². The molecule has 0 unspecified atom stereocenters. The van der Waals surface area contributed by atoms with Gasteiger partial charge in [-0.3, -0.25) is 0 Å². The molecule has 0 fully saturated rings. The van der Waals surface area contributed by atoms with Gasteiger partial charge in [-0.05, 0) is 24.1 Å². The molecule has 6 heteroatoms. The summed E-state index contributed by atoms with van der Waals surface area (Å²) in [5.74, 6) is 0.333. The van der Waals surface area contributed by atoms with Crippen LogP contribution >= 0.6 is 11.6 Å². The zero-order chi connectivity index (χ0) is 13.8. The number of sulfonamides is 1.